The number of aryl methyl sites for hydroxylation is 1. The number of anilines is 1. The van der Waals surface area contributed by atoms with Crippen molar-refractivity contribution in [2.75, 3.05) is 44.2 Å². The van der Waals surface area contributed by atoms with Gasteiger partial charge in [-0.2, -0.15) is 0 Å². The van der Waals surface area contributed by atoms with E-state index >= 15 is 0 Å². The summed E-state index contributed by atoms with van der Waals surface area (Å²) in [6.07, 6.45) is 4.68. The summed E-state index contributed by atoms with van der Waals surface area (Å²) >= 11 is 0. The van der Waals surface area contributed by atoms with Crippen LogP contribution in [0.3, 0.4) is 0 Å². The summed E-state index contributed by atoms with van der Waals surface area (Å²) in [5.41, 5.74) is 3.40. The molecule has 0 saturated carbocycles. The normalized spacial score (nSPS) is 20.3. The molecule has 2 aromatic carbocycles. The molecule has 0 unspecified atom stereocenters. The minimum absolute atomic E-state index is 0.269. The summed E-state index contributed by atoms with van der Waals surface area (Å²) in [4.78, 5) is 24.6. The van der Waals surface area contributed by atoms with E-state index in [9.17, 15) is 4.79 Å². The highest BCUT2D eigenvalue weighted by atomic mass is 16.2. The molecule has 2 aliphatic rings. The summed E-state index contributed by atoms with van der Waals surface area (Å²) in [6.45, 7) is 6.71. The Hall–Kier alpha value is -2.86. The van der Waals surface area contributed by atoms with Gasteiger partial charge in [-0.3, -0.25) is 9.69 Å². The lowest BCUT2D eigenvalue weighted by Crippen LogP contribution is -2.55. The molecule has 1 atom stereocenters. The van der Waals surface area contributed by atoms with Crippen molar-refractivity contribution in [3.05, 3.63) is 60.9 Å². The van der Waals surface area contributed by atoms with Crippen molar-refractivity contribution in [2.24, 2.45) is 0 Å². The zero-order chi connectivity index (χ0) is 21.0. The number of carbonyl (C=O) groups is 1. The van der Waals surface area contributed by atoms with Crippen molar-refractivity contribution in [2.45, 2.75) is 31.8 Å². The number of hydrogen-bond donors (Lipinski definition) is 0. The number of nitrogens with zero attached hydrogens (tertiary/aromatic N) is 5. The van der Waals surface area contributed by atoms with Crippen LogP contribution in [-0.2, 0) is 11.3 Å². The van der Waals surface area contributed by atoms with Crippen LogP contribution in [0.4, 0.5) is 5.69 Å². The third kappa shape index (κ3) is 4.44. The zero-order valence-corrected chi connectivity index (χ0v) is 18.1. The van der Waals surface area contributed by atoms with Gasteiger partial charge in [-0.05, 0) is 37.1 Å². The van der Waals surface area contributed by atoms with Crippen LogP contribution in [0.25, 0.3) is 11.0 Å². The molecule has 0 bridgehead atoms. The van der Waals surface area contributed by atoms with Gasteiger partial charge in [0.15, 0.2) is 0 Å². The average molecular weight is 418 g/mol. The Kier molecular flexibility index (Phi) is 5.89. The summed E-state index contributed by atoms with van der Waals surface area (Å²) in [7, 11) is 0. The maximum Gasteiger partial charge on any atom is 0.224 e. The predicted molar refractivity (Wildman–Crippen MR) is 124 cm³/mol. The number of rotatable bonds is 5. The fourth-order valence-corrected chi connectivity index (χ4v) is 5.03. The highest BCUT2D eigenvalue weighted by Gasteiger charge is 2.29. The third-order valence-corrected chi connectivity index (χ3v) is 6.80. The maximum absolute atomic E-state index is 13.0. The van der Waals surface area contributed by atoms with Crippen molar-refractivity contribution in [3.63, 3.8) is 0 Å². The van der Waals surface area contributed by atoms with Crippen LogP contribution >= 0.6 is 0 Å². The number of fused-ring (bicyclic) bond motifs is 1. The number of likely N-dealkylation sites (tertiary alicyclic amines) is 1. The monoisotopic (exact) mass is 417 g/mol. The maximum atomic E-state index is 13.0. The highest BCUT2D eigenvalue weighted by Crippen LogP contribution is 2.21. The Labute approximate surface area is 184 Å². The number of imidazole rings is 1. The molecule has 31 heavy (non-hydrogen) atoms. The minimum atomic E-state index is 0.269. The van der Waals surface area contributed by atoms with E-state index in [0.717, 1.165) is 56.7 Å². The minimum Gasteiger partial charge on any atom is -0.369 e. The third-order valence-electron chi connectivity index (χ3n) is 6.80. The van der Waals surface area contributed by atoms with Crippen LogP contribution in [0.2, 0.25) is 0 Å². The molecule has 1 amide bonds. The van der Waals surface area contributed by atoms with Crippen LogP contribution in [0, 0.1) is 0 Å². The molecule has 6 heteroatoms. The molecule has 2 saturated heterocycles. The van der Waals surface area contributed by atoms with Gasteiger partial charge in [0, 0.05) is 64.0 Å². The molecule has 3 heterocycles. The number of amides is 1. The Morgan fingerprint density at radius 2 is 1.71 bits per heavy atom. The van der Waals surface area contributed by atoms with Gasteiger partial charge >= 0.3 is 0 Å². The van der Waals surface area contributed by atoms with Crippen molar-refractivity contribution in [3.8, 4) is 0 Å². The van der Waals surface area contributed by atoms with Crippen molar-refractivity contribution >= 4 is 22.6 Å². The van der Waals surface area contributed by atoms with Crippen LogP contribution in [0.5, 0.6) is 0 Å². The standard InChI is InChI=1S/C25H31N5O/c31-25(12-14-30-20-26-23-10-4-5-11-24(23)30)29-13-6-9-22(19-29)28-17-15-27(16-18-28)21-7-2-1-3-8-21/h1-5,7-8,10-11,20,22H,6,9,12-19H2/t22-/m0/s1. The number of benzene rings is 2. The molecule has 1 aromatic heterocycles. The number of piperidine rings is 1. The van der Waals surface area contributed by atoms with Crippen molar-refractivity contribution in [1.82, 2.24) is 19.4 Å². The SMILES string of the molecule is O=C(CCn1cnc2ccccc21)N1CCC[C@H](N2CCN(c3ccccc3)CC2)C1. The zero-order valence-electron chi connectivity index (χ0n) is 18.1. The lowest BCUT2D eigenvalue weighted by molar-refractivity contribution is -0.133. The second-order valence-corrected chi connectivity index (χ2v) is 8.67. The molecule has 2 aliphatic heterocycles. The molecule has 0 aliphatic carbocycles. The molecule has 5 rings (SSSR count). The van der Waals surface area contributed by atoms with Gasteiger partial charge in [0.05, 0.1) is 17.4 Å². The molecular formula is C25H31N5O. The molecule has 0 N–H and O–H groups in total. The molecule has 0 spiro atoms. The first kappa shape index (κ1) is 20.1. The number of carbonyl (C=O) groups excluding carboxylic acids is 1. The van der Waals surface area contributed by atoms with Crippen molar-refractivity contribution < 1.29 is 4.79 Å². The van der Waals surface area contributed by atoms with Gasteiger partial charge in [0.25, 0.3) is 0 Å². The molecule has 162 valence electrons. The lowest BCUT2D eigenvalue weighted by atomic mass is 10.0. The van der Waals surface area contributed by atoms with E-state index in [0.29, 0.717) is 19.0 Å². The summed E-state index contributed by atoms with van der Waals surface area (Å²) in [6, 6.07) is 19.3. The van der Waals surface area contributed by atoms with Crippen molar-refractivity contribution in [1.29, 1.82) is 0 Å². The van der Waals surface area contributed by atoms with Gasteiger partial charge in [-0.1, -0.05) is 30.3 Å². The van der Waals surface area contributed by atoms with Crippen LogP contribution < -0.4 is 4.90 Å². The Morgan fingerprint density at radius 3 is 2.55 bits per heavy atom. The van der Waals surface area contributed by atoms with Crippen LogP contribution in [0.1, 0.15) is 19.3 Å². The number of piperazine rings is 1. The largest absolute Gasteiger partial charge is 0.369 e. The predicted octanol–water partition coefficient (Wildman–Crippen LogP) is 3.24. The average Bonchev–Trinajstić information content (AvgIpc) is 3.26. The van der Waals surface area contributed by atoms with Gasteiger partial charge < -0.3 is 14.4 Å². The number of hydrogen-bond acceptors (Lipinski definition) is 4. The second-order valence-electron chi connectivity index (χ2n) is 8.67. The summed E-state index contributed by atoms with van der Waals surface area (Å²) in [5.74, 6) is 0.269. The van der Waals surface area contributed by atoms with E-state index in [-0.39, 0.29) is 5.91 Å². The van der Waals surface area contributed by atoms with Crippen LogP contribution in [0.15, 0.2) is 60.9 Å². The smallest absolute Gasteiger partial charge is 0.224 e. The van der Waals surface area contributed by atoms with E-state index < -0.39 is 0 Å². The van der Waals surface area contributed by atoms with Gasteiger partial charge in [-0.25, -0.2) is 4.98 Å². The molecular weight excluding hydrogens is 386 g/mol. The fourth-order valence-electron chi connectivity index (χ4n) is 5.03. The van der Waals surface area contributed by atoms with E-state index in [1.54, 1.807) is 0 Å². The topological polar surface area (TPSA) is 44.6 Å². The van der Waals surface area contributed by atoms with Gasteiger partial charge in [0.2, 0.25) is 5.91 Å². The van der Waals surface area contributed by atoms with Crippen LogP contribution in [-0.4, -0.2) is 70.6 Å². The fraction of sp³-hybridized carbons (Fsp3) is 0.440. The first-order valence-corrected chi connectivity index (χ1v) is 11.5. The molecule has 3 aromatic rings. The van der Waals surface area contributed by atoms with Gasteiger partial charge in [0.1, 0.15) is 0 Å². The van der Waals surface area contributed by atoms with E-state index in [1.807, 2.05) is 24.5 Å². The van der Waals surface area contributed by atoms with E-state index in [1.165, 1.54) is 12.1 Å². The first-order valence-electron chi connectivity index (χ1n) is 11.5. The van der Waals surface area contributed by atoms with Gasteiger partial charge in [-0.15, -0.1) is 0 Å². The van der Waals surface area contributed by atoms with E-state index in [2.05, 4.69) is 60.6 Å². The number of para-hydroxylation sites is 3. The molecule has 6 nitrogen and oxygen atoms in total. The first-order chi connectivity index (χ1) is 15.3. The highest BCUT2D eigenvalue weighted by molar-refractivity contribution is 5.77. The molecule has 0 radical (unpaired) electrons. The second kappa shape index (κ2) is 9.10. The molecule has 2 fully saturated rings. The quantitative estimate of drug-likeness (QED) is 0.639. The Balaban J connectivity index is 1.14. The lowest BCUT2D eigenvalue weighted by Gasteiger charge is -2.44. The summed E-state index contributed by atoms with van der Waals surface area (Å²) in [5, 5.41) is 0. The number of aromatic nitrogens is 2. The Bertz CT molecular complexity index is 1010. The van der Waals surface area contributed by atoms with E-state index in [4.69, 9.17) is 0 Å². The Morgan fingerprint density at radius 1 is 0.935 bits per heavy atom. The summed E-state index contributed by atoms with van der Waals surface area (Å²) < 4.78 is 2.09.